The van der Waals surface area contributed by atoms with Gasteiger partial charge in [0.25, 0.3) is 0 Å². The molecule has 1 aromatic rings. The predicted octanol–water partition coefficient (Wildman–Crippen LogP) is 2.03. The Morgan fingerprint density at radius 3 is 3.07 bits per heavy atom. The van der Waals surface area contributed by atoms with Gasteiger partial charge in [-0.25, -0.2) is 4.79 Å². The minimum atomic E-state index is -0.944. The summed E-state index contributed by atoms with van der Waals surface area (Å²) in [5, 5.41) is 11.8. The lowest BCUT2D eigenvalue weighted by molar-refractivity contribution is 0.0697. The van der Waals surface area contributed by atoms with Gasteiger partial charge < -0.3 is 10.4 Å². The van der Waals surface area contributed by atoms with Crippen LogP contribution in [0, 0.1) is 0 Å². The van der Waals surface area contributed by atoms with Crippen molar-refractivity contribution in [3.63, 3.8) is 0 Å². The standard InChI is InChI=1S/C10H8N2O2/c13-10(14)7-2-3-8-9(6-7)12-5-1-4-11-8/h1-6,11H,(H,13,14). The summed E-state index contributed by atoms with van der Waals surface area (Å²) in [5.74, 6) is -0.944. The molecule has 0 aliphatic carbocycles. The summed E-state index contributed by atoms with van der Waals surface area (Å²) >= 11 is 0. The van der Waals surface area contributed by atoms with Crippen molar-refractivity contribution >= 4 is 23.6 Å². The van der Waals surface area contributed by atoms with Crippen LogP contribution >= 0.6 is 0 Å². The summed E-state index contributed by atoms with van der Waals surface area (Å²) < 4.78 is 0. The van der Waals surface area contributed by atoms with Gasteiger partial charge in [0, 0.05) is 12.4 Å². The summed E-state index contributed by atoms with van der Waals surface area (Å²) in [7, 11) is 0. The third kappa shape index (κ3) is 1.50. The summed E-state index contributed by atoms with van der Waals surface area (Å²) in [6.07, 6.45) is 5.11. The largest absolute Gasteiger partial charge is 0.478 e. The first-order valence-electron chi connectivity index (χ1n) is 4.10. The van der Waals surface area contributed by atoms with E-state index in [1.165, 1.54) is 6.07 Å². The smallest absolute Gasteiger partial charge is 0.335 e. The molecule has 14 heavy (non-hydrogen) atoms. The van der Waals surface area contributed by atoms with Crippen LogP contribution in [0.1, 0.15) is 10.4 Å². The van der Waals surface area contributed by atoms with Crippen LogP contribution in [-0.2, 0) is 0 Å². The van der Waals surface area contributed by atoms with Crippen LogP contribution in [0.25, 0.3) is 0 Å². The molecular weight excluding hydrogens is 180 g/mol. The number of fused-ring (bicyclic) bond motifs is 1. The molecule has 0 amide bonds. The number of nitrogens with zero attached hydrogens (tertiary/aromatic N) is 1. The van der Waals surface area contributed by atoms with Crippen LogP contribution in [0.15, 0.2) is 35.5 Å². The molecule has 70 valence electrons. The van der Waals surface area contributed by atoms with E-state index >= 15 is 0 Å². The summed E-state index contributed by atoms with van der Waals surface area (Å²) in [6, 6.07) is 4.78. The average Bonchev–Trinajstić information content (AvgIpc) is 2.41. The fraction of sp³-hybridized carbons (Fsp3) is 0. The maximum Gasteiger partial charge on any atom is 0.335 e. The first kappa shape index (κ1) is 8.50. The highest BCUT2D eigenvalue weighted by molar-refractivity contribution is 5.91. The first-order valence-corrected chi connectivity index (χ1v) is 4.10. The van der Waals surface area contributed by atoms with Crippen molar-refractivity contribution in [2.75, 3.05) is 5.32 Å². The predicted molar refractivity (Wildman–Crippen MR) is 54.3 cm³/mol. The van der Waals surface area contributed by atoms with Crippen LogP contribution in [0.5, 0.6) is 0 Å². The maximum absolute atomic E-state index is 10.7. The molecule has 4 nitrogen and oxygen atoms in total. The Labute approximate surface area is 80.6 Å². The molecule has 0 bridgehead atoms. The van der Waals surface area contributed by atoms with Gasteiger partial charge in [0.2, 0.25) is 0 Å². The molecular formula is C10H8N2O2. The van der Waals surface area contributed by atoms with E-state index in [4.69, 9.17) is 5.11 Å². The van der Waals surface area contributed by atoms with Crippen LogP contribution < -0.4 is 5.32 Å². The number of aliphatic imine (C=N–C) groups is 1. The Balaban J connectivity index is 2.49. The highest BCUT2D eigenvalue weighted by atomic mass is 16.4. The second-order valence-corrected chi connectivity index (χ2v) is 2.82. The van der Waals surface area contributed by atoms with Gasteiger partial charge in [0.1, 0.15) is 0 Å². The molecule has 0 unspecified atom stereocenters. The van der Waals surface area contributed by atoms with E-state index in [0.29, 0.717) is 5.69 Å². The topological polar surface area (TPSA) is 61.7 Å². The zero-order valence-electron chi connectivity index (χ0n) is 7.27. The Morgan fingerprint density at radius 1 is 1.43 bits per heavy atom. The minimum Gasteiger partial charge on any atom is -0.478 e. The van der Waals surface area contributed by atoms with E-state index < -0.39 is 5.97 Å². The molecule has 0 atom stereocenters. The zero-order chi connectivity index (χ0) is 9.97. The van der Waals surface area contributed by atoms with E-state index in [-0.39, 0.29) is 5.56 Å². The number of hydrogen-bond acceptors (Lipinski definition) is 3. The van der Waals surface area contributed by atoms with Crippen LogP contribution in [-0.4, -0.2) is 17.3 Å². The molecule has 0 saturated carbocycles. The number of carboxylic acid groups (broad SMARTS) is 1. The van der Waals surface area contributed by atoms with E-state index in [1.807, 2.05) is 0 Å². The molecule has 2 N–H and O–H groups in total. The van der Waals surface area contributed by atoms with Crippen LogP contribution in [0.2, 0.25) is 0 Å². The molecule has 0 spiro atoms. The number of allylic oxidation sites excluding steroid dienone is 1. The van der Waals surface area contributed by atoms with Crippen LogP contribution in [0.4, 0.5) is 11.4 Å². The second kappa shape index (κ2) is 3.33. The van der Waals surface area contributed by atoms with E-state index in [0.717, 1.165) is 5.69 Å². The van der Waals surface area contributed by atoms with Gasteiger partial charge in [-0.3, -0.25) is 4.99 Å². The van der Waals surface area contributed by atoms with Gasteiger partial charge in [-0.1, -0.05) is 0 Å². The minimum absolute atomic E-state index is 0.240. The quantitative estimate of drug-likeness (QED) is 0.708. The number of aromatic carboxylic acids is 1. The summed E-state index contributed by atoms with van der Waals surface area (Å²) in [4.78, 5) is 14.8. The molecule has 0 saturated heterocycles. The molecule has 1 heterocycles. The molecule has 1 aliphatic heterocycles. The van der Waals surface area contributed by atoms with Crippen LogP contribution in [0.3, 0.4) is 0 Å². The second-order valence-electron chi connectivity index (χ2n) is 2.82. The number of rotatable bonds is 1. The van der Waals surface area contributed by atoms with Gasteiger partial charge in [0.05, 0.1) is 16.9 Å². The Bertz CT molecular complexity index is 436. The summed E-state index contributed by atoms with van der Waals surface area (Å²) in [5.41, 5.74) is 1.68. The number of carbonyl (C=O) groups is 1. The van der Waals surface area contributed by atoms with Crippen molar-refractivity contribution in [1.29, 1.82) is 0 Å². The van der Waals surface area contributed by atoms with Crippen molar-refractivity contribution in [3.05, 3.63) is 36.0 Å². The molecule has 4 heteroatoms. The van der Waals surface area contributed by atoms with Crippen molar-refractivity contribution < 1.29 is 9.90 Å². The Hall–Kier alpha value is -2.10. The Kier molecular flexibility index (Phi) is 2.02. The van der Waals surface area contributed by atoms with Crippen molar-refractivity contribution in [2.24, 2.45) is 4.99 Å². The average molecular weight is 188 g/mol. The normalized spacial score (nSPS) is 12.9. The number of nitrogens with one attached hydrogen (secondary N) is 1. The lowest BCUT2D eigenvalue weighted by atomic mass is 10.2. The fourth-order valence-electron chi connectivity index (χ4n) is 1.20. The highest BCUT2D eigenvalue weighted by Crippen LogP contribution is 2.27. The number of benzene rings is 1. The van der Waals surface area contributed by atoms with Gasteiger partial charge in [-0.15, -0.1) is 0 Å². The lowest BCUT2D eigenvalue weighted by Gasteiger charge is -2.04. The van der Waals surface area contributed by atoms with Gasteiger partial charge in [-0.05, 0) is 24.3 Å². The zero-order valence-corrected chi connectivity index (χ0v) is 7.27. The first-order chi connectivity index (χ1) is 6.77. The van der Waals surface area contributed by atoms with Crippen molar-refractivity contribution in [2.45, 2.75) is 0 Å². The maximum atomic E-state index is 10.7. The van der Waals surface area contributed by atoms with Crippen molar-refractivity contribution in [3.8, 4) is 0 Å². The molecule has 1 aliphatic rings. The van der Waals surface area contributed by atoms with E-state index in [1.54, 1.807) is 30.6 Å². The molecule has 2 rings (SSSR count). The molecule has 0 aromatic heterocycles. The van der Waals surface area contributed by atoms with Gasteiger partial charge in [-0.2, -0.15) is 0 Å². The Morgan fingerprint density at radius 2 is 2.29 bits per heavy atom. The van der Waals surface area contributed by atoms with Crippen molar-refractivity contribution in [1.82, 2.24) is 0 Å². The third-order valence-corrected chi connectivity index (χ3v) is 1.88. The summed E-state index contributed by atoms with van der Waals surface area (Å²) in [6.45, 7) is 0. The monoisotopic (exact) mass is 188 g/mol. The lowest BCUT2D eigenvalue weighted by Crippen LogP contribution is -1.96. The number of carboxylic acids is 1. The molecule has 0 fully saturated rings. The van der Waals surface area contributed by atoms with Gasteiger partial charge in [0.15, 0.2) is 0 Å². The molecule has 0 radical (unpaired) electrons. The number of hydrogen-bond donors (Lipinski definition) is 2. The number of anilines is 1. The van der Waals surface area contributed by atoms with E-state index in [2.05, 4.69) is 10.3 Å². The SMILES string of the molecule is O=C(O)c1ccc2c(c1)N=CC=CN2. The molecule has 1 aromatic carbocycles. The highest BCUT2D eigenvalue weighted by Gasteiger charge is 2.07. The fourth-order valence-corrected chi connectivity index (χ4v) is 1.20. The third-order valence-electron chi connectivity index (χ3n) is 1.88. The van der Waals surface area contributed by atoms with Gasteiger partial charge >= 0.3 is 5.97 Å². The van der Waals surface area contributed by atoms with E-state index in [9.17, 15) is 4.79 Å².